The molecule has 122 valence electrons. The zero-order valence-electron chi connectivity index (χ0n) is 13.1. The van der Waals surface area contributed by atoms with Crippen LogP contribution in [0.4, 0.5) is 0 Å². The van der Waals surface area contributed by atoms with Crippen molar-refractivity contribution in [2.45, 2.75) is 25.3 Å². The van der Waals surface area contributed by atoms with E-state index in [0.29, 0.717) is 12.1 Å². The number of nitrogens with one attached hydrogen (secondary N) is 1. The summed E-state index contributed by atoms with van der Waals surface area (Å²) in [4.78, 5) is 14.7. The Kier molecular flexibility index (Phi) is 4.98. The van der Waals surface area contributed by atoms with E-state index in [9.17, 15) is 9.90 Å². The van der Waals surface area contributed by atoms with Crippen LogP contribution in [0.1, 0.15) is 41.4 Å². The van der Waals surface area contributed by atoms with Gasteiger partial charge in [-0.15, -0.1) is 0 Å². The first-order chi connectivity index (χ1) is 11.3. The fourth-order valence-electron chi connectivity index (χ4n) is 3.07. The van der Waals surface area contributed by atoms with Gasteiger partial charge in [0.1, 0.15) is 11.5 Å². The van der Waals surface area contributed by atoms with Crippen molar-refractivity contribution >= 4 is 5.91 Å². The van der Waals surface area contributed by atoms with E-state index in [1.54, 1.807) is 24.5 Å². The second kappa shape index (κ2) is 7.33. The summed E-state index contributed by atoms with van der Waals surface area (Å²) in [5, 5.41) is 12.7. The number of amides is 1. The lowest BCUT2D eigenvalue weighted by molar-refractivity contribution is 0.0911. The Balaban J connectivity index is 1.69. The highest BCUT2D eigenvalue weighted by Gasteiger charge is 2.25. The summed E-state index contributed by atoms with van der Waals surface area (Å²) in [5.41, 5.74) is 0.296. The minimum absolute atomic E-state index is 0.00230. The Morgan fingerprint density at radius 3 is 2.65 bits per heavy atom. The van der Waals surface area contributed by atoms with Gasteiger partial charge < -0.3 is 14.8 Å². The molecule has 5 heteroatoms. The van der Waals surface area contributed by atoms with Gasteiger partial charge in [0.25, 0.3) is 5.91 Å². The third-order valence-electron chi connectivity index (χ3n) is 4.31. The topological polar surface area (TPSA) is 65.7 Å². The first-order valence-electron chi connectivity index (χ1n) is 8.09. The van der Waals surface area contributed by atoms with E-state index >= 15 is 0 Å². The predicted molar refractivity (Wildman–Crippen MR) is 87.3 cm³/mol. The SMILES string of the molecule is O=C(NCC(c1ccco1)N1CCCCC1)c1ccccc1O. The van der Waals surface area contributed by atoms with Crippen LogP contribution in [-0.2, 0) is 0 Å². The van der Waals surface area contributed by atoms with Crippen molar-refractivity contribution in [3.63, 3.8) is 0 Å². The van der Waals surface area contributed by atoms with E-state index in [4.69, 9.17) is 4.42 Å². The number of nitrogens with zero attached hydrogens (tertiary/aromatic N) is 1. The van der Waals surface area contributed by atoms with Gasteiger partial charge in [0, 0.05) is 6.54 Å². The van der Waals surface area contributed by atoms with Crippen LogP contribution in [0.2, 0.25) is 0 Å². The standard InChI is InChI=1S/C18H22N2O3/c21-16-8-3-2-7-14(16)18(22)19-13-15(17-9-6-12-23-17)20-10-4-1-5-11-20/h2-3,6-9,12,15,21H,1,4-5,10-11,13H2,(H,19,22). The van der Waals surface area contributed by atoms with Gasteiger partial charge in [0.15, 0.2) is 0 Å². The van der Waals surface area contributed by atoms with Gasteiger partial charge in [-0.05, 0) is 50.2 Å². The molecule has 1 atom stereocenters. The number of likely N-dealkylation sites (tertiary alicyclic amines) is 1. The predicted octanol–water partition coefficient (Wildman–Crippen LogP) is 2.94. The van der Waals surface area contributed by atoms with Gasteiger partial charge in [-0.2, -0.15) is 0 Å². The molecule has 0 bridgehead atoms. The molecule has 1 aromatic carbocycles. The molecule has 0 saturated carbocycles. The number of aromatic hydroxyl groups is 1. The summed E-state index contributed by atoms with van der Waals surface area (Å²) >= 11 is 0. The number of carbonyl (C=O) groups excluding carboxylic acids is 1. The van der Waals surface area contributed by atoms with Gasteiger partial charge in [-0.25, -0.2) is 0 Å². The van der Waals surface area contributed by atoms with Gasteiger partial charge in [-0.3, -0.25) is 9.69 Å². The first kappa shape index (κ1) is 15.6. The van der Waals surface area contributed by atoms with Gasteiger partial charge in [0.05, 0.1) is 17.9 Å². The second-order valence-electron chi connectivity index (χ2n) is 5.86. The number of hydrogen-bond acceptors (Lipinski definition) is 4. The third-order valence-corrected chi connectivity index (χ3v) is 4.31. The molecule has 1 aliphatic heterocycles. The van der Waals surface area contributed by atoms with Crippen molar-refractivity contribution in [3.8, 4) is 5.75 Å². The van der Waals surface area contributed by atoms with Gasteiger partial charge >= 0.3 is 0 Å². The van der Waals surface area contributed by atoms with Crippen LogP contribution in [0.15, 0.2) is 47.1 Å². The van der Waals surface area contributed by atoms with Crippen LogP contribution < -0.4 is 5.32 Å². The smallest absolute Gasteiger partial charge is 0.255 e. The highest BCUT2D eigenvalue weighted by atomic mass is 16.3. The quantitative estimate of drug-likeness (QED) is 0.890. The second-order valence-corrected chi connectivity index (χ2v) is 5.86. The maximum Gasteiger partial charge on any atom is 0.255 e. The van der Waals surface area contributed by atoms with Gasteiger partial charge in [0.2, 0.25) is 0 Å². The van der Waals surface area contributed by atoms with Crippen LogP contribution in [-0.4, -0.2) is 35.5 Å². The van der Waals surface area contributed by atoms with E-state index in [2.05, 4.69) is 10.2 Å². The van der Waals surface area contributed by atoms with Crippen molar-refractivity contribution in [3.05, 3.63) is 54.0 Å². The molecule has 2 N–H and O–H groups in total. The third kappa shape index (κ3) is 3.74. The summed E-state index contributed by atoms with van der Waals surface area (Å²) in [6.45, 7) is 2.48. The molecule has 1 aliphatic rings. The van der Waals surface area contributed by atoms with Crippen LogP contribution in [0, 0.1) is 0 Å². The van der Waals surface area contributed by atoms with Crippen molar-refractivity contribution < 1.29 is 14.3 Å². The molecule has 0 spiro atoms. The zero-order valence-corrected chi connectivity index (χ0v) is 13.1. The summed E-state index contributed by atoms with van der Waals surface area (Å²) in [7, 11) is 0. The largest absolute Gasteiger partial charge is 0.507 e. The number of furan rings is 1. The average molecular weight is 314 g/mol. The van der Waals surface area contributed by atoms with Crippen molar-refractivity contribution in [1.82, 2.24) is 10.2 Å². The van der Waals surface area contributed by atoms with Crippen LogP contribution in [0.3, 0.4) is 0 Å². The Hall–Kier alpha value is -2.27. The monoisotopic (exact) mass is 314 g/mol. The highest BCUT2D eigenvalue weighted by Crippen LogP contribution is 2.25. The lowest BCUT2D eigenvalue weighted by Gasteiger charge is -2.33. The number of phenolic OH excluding ortho intramolecular Hbond substituents is 1. The minimum Gasteiger partial charge on any atom is -0.507 e. The first-order valence-corrected chi connectivity index (χ1v) is 8.09. The van der Waals surface area contributed by atoms with Crippen LogP contribution in [0.5, 0.6) is 5.75 Å². The molecule has 1 saturated heterocycles. The van der Waals surface area contributed by atoms with Crippen LogP contribution >= 0.6 is 0 Å². The number of piperidine rings is 1. The maximum absolute atomic E-state index is 12.3. The molecular weight excluding hydrogens is 292 g/mol. The molecule has 3 rings (SSSR count). The minimum atomic E-state index is -0.267. The van der Waals surface area contributed by atoms with Crippen LogP contribution in [0.25, 0.3) is 0 Å². The zero-order chi connectivity index (χ0) is 16.1. The molecule has 5 nitrogen and oxygen atoms in total. The fraction of sp³-hybridized carbons (Fsp3) is 0.389. The maximum atomic E-state index is 12.3. The fourth-order valence-corrected chi connectivity index (χ4v) is 3.07. The van der Waals surface area contributed by atoms with E-state index in [-0.39, 0.29) is 17.7 Å². The molecule has 2 aromatic rings. The molecule has 2 heterocycles. The Morgan fingerprint density at radius 1 is 1.17 bits per heavy atom. The summed E-state index contributed by atoms with van der Waals surface area (Å²) in [6.07, 6.45) is 5.26. The Labute approximate surface area is 135 Å². The van der Waals surface area contributed by atoms with Crippen molar-refractivity contribution in [2.24, 2.45) is 0 Å². The van der Waals surface area contributed by atoms with E-state index in [1.807, 2.05) is 12.1 Å². The van der Waals surface area contributed by atoms with Crippen molar-refractivity contribution in [1.29, 1.82) is 0 Å². The number of hydrogen-bond donors (Lipinski definition) is 2. The number of benzene rings is 1. The average Bonchev–Trinajstić information content (AvgIpc) is 3.10. The van der Waals surface area contributed by atoms with E-state index in [1.165, 1.54) is 25.3 Å². The molecular formula is C18H22N2O3. The lowest BCUT2D eigenvalue weighted by Crippen LogP contribution is -2.40. The van der Waals surface area contributed by atoms with Crippen molar-refractivity contribution in [2.75, 3.05) is 19.6 Å². The van der Waals surface area contributed by atoms with E-state index < -0.39 is 0 Å². The Morgan fingerprint density at radius 2 is 1.96 bits per heavy atom. The number of phenols is 1. The molecule has 0 radical (unpaired) electrons. The number of para-hydroxylation sites is 1. The summed E-state index contributed by atoms with van der Waals surface area (Å²) in [6, 6.07) is 10.4. The molecule has 1 fully saturated rings. The van der Waals surface area contributed by atoms with Gasteiger partial charge in [-0.1, -0.05) is 18.6 Å². The Bertz CT molecular complexity index is 633. The van der Waals surface area contributed by atoms with E-state index in [0.717, 1.165) is 18.8 Å². The molecule has 1 amide bonds. The summed E-state index contributed by atoms with van der Waals surface area (Å²) in [5.74, 6) is 0.596. The number of rotatable bonds is 5. The highest BCUT2D eigenvalue weighted by molar-refractivity contribution is 5.96. The molecule has 1 aromatic heterocycles. The summed E-state index contributed by atoms with van der Waals surface area (Å²) < 4.78 is 5.57. The molecule has 23 heavy (non-hydrogen) atoms. The normalized spacial score (nSPS) is 16.9. The number of carbonyl (C=O) groups is 1. The lowest BCUT2D eigenvalue weighted by atomic mass is 10.1. The molecule has 0 aliphatic carbocycles. The molecule has 1 unspecified atom stereocenters.